The van der Waals surface area contributed by atoms with Gasteiger partial charge in [-0.15, -0.1) is 0 Å². The third kappa shape index (κ3) is 2.84. The summed E-state index contributed by atoms with van der Waals surface area (Å²) in [4.78, 5) is 26.4. The van der Waals surface area contributed by atoms with Crippen LogP contribution in [-0.2, 0) is 4.79 Å². The molecule has 1 N–H and O–H groups in total. The fourth-order valence-corrected chi connectivity index (χ4v) is 2.82. The van der Waals surface area contributed by atoms with Gasteiger partial charge in [-0.25, -0.2) is 0 Å². The zero-order valence-corrected chi connectivity index (χ0v) is 12.4. The highest BCUT2D eigenvalue weighted by Gasteiger charge is 2.32. The zero-order valence-electron chi connectivity index (χ0n) is 12.4. The number of carbonyl (C=O) groups excluding carboxylic acids is 2. The molecule has 0 aliphatic carbocycles. The van der Waals surface area contributed by atoms with Crippen molar-refractivity contribution >= 4 is 11.8 Å². The fourth-order valence-electron chi connectivity index (χ4n) is 2.82. The zero-order chi connectivity index (χ0) is 14.7. The minimum absolute atomic E-state index is 0.0317. The van der Waals surface area contributed by atoms with Crippen molar-refractivity contribution in [3.63, 3.8) is 0 Å². The van der Waals surface area contributed by atoms with Crippen molar-refractivity contribution in [3.8, 4) is 0 Å². The van der Waals surface area contributed by atoms with Crippen LogP contribution in [0.4, 0.5) is 0 Å². The van der Waals surface area contributed by atoms with E-state index in [9.17, 15) is 9.59 Å². The summed E-state index contributed by atoms with van der Waals surface area (Å²) in [5.41, 5.74) is 2.81. The number of benzene rings is 1. The SMILES string of the molecule is CNC(=O)C1CCCCN1C(=O)c1ccc(C)cc1C. The van der Waals surface area contributed by atoms with Crippen LogP contribution >= 0.6 is 0 Å². The summed E-state index contributed by atoms with van der Waals surface area (Å²) in [6, 6.07) is 5.48. The first-order chi connectivity index (χ1) is 9.54. The average Bonchev–Trinajstić information content (AvgIpc) is 2.46. The monoisotopic (exact) mass is 274 g/mol. The maximum absolute atomic E-state index is 12.7. The van der Waals surface area contributed by atoms with E-state index in [1.54, 1.807) is 11.9 Å². The lowest BCUT2D eigenvalue weighted by molar-refractivity contribution is -0.126. The Hall–Kier alpha value is -1.84. The average molecular weight is 274 g/mol. The second-order valence-corrected chi connectivity index (χ2v) is 5.44. The van der Waals surface area contributed by atoms with Crippen molar-refractivity contribution in [2.24, 2.45) is 0 Å². The number of amides is 2. The standard InChI is InChI=1S/C16H22N2O2/c1-11-7-8-13(12(2)10-11)16(20)18-9-5-4-6-14(18)15(19)17-3/h7-8,10,14H,4-6,9H2,1-3H3,(H,17,19). The van der Waals surface area contributed by atoms with Crippen molar-refractivity contribution in [2.75, 3.05) is 13.6 Å². The summed E-state index contributed by atoms with van der Waals surface area (Å²) in [7, 11) is 1.62. The number of carbonyl (C=O) groups is 2. The second-order valence-electron chi connectivity index (χ2n) is 5.44. The molecule has 1 unspecified atom stereocenters. The molecular weight excluding hydrogens is 252 g/mol. The third-order valence-electron chi connectivity index (χ3n) is 3.93. The van der Waals surface area contributed by atoms with Gasteiger partial charge in [0, 0.05) is 19.2 Å². The van der Waals surface area contributed by atoms with Crippen molar-refractivity contribution in [1.82, 2.24) is 10.2 Å². The molecule has 0 spiro atoms. The van der Waals surface area contributed by atoms with Crippen LogP contribution < -0.4 is 5.32 Å². The summed E-state index contributed by atoms with van der Waals surface area (Å²) in [6.07, 6.45) is 2.70. The molecule has 0 bridgehead atoms. The van der Waals surface area contributed by atoms with Gasteiger partial charge in [0.05, 0.1) is 0 Å². The predicted octanol–water partition coefficient (Wildman–Crippen LogP) is 2.04. The highest BCUT2D eigenvalue weighted by Crippen LogP contribution is 2.21. The van der Waals surface area contributed by atoms with Crippen molar-refractivity contribution in [3.05, 3.63) is 34.9 Å². The molecule has 1 aromatic rings. The van der Waals surface area contributed by atoms with Crippen molar-refractivity contribution in [2.45, 2.75) is 39.2 Å². The first-order valence-corrected chi connectivity index (χ1v) is 7.14. The van der Waals surface area contributed by atoms with E-state index in [4.69, 9.17) is 0 Å². The lowest BCUT2D eigenvalue weighted by Crippen LogP contribution is -2.51. The van der Waals surface area contributed by atoms with Gasteiger partial charge in [-0.3, -0.25) is 9.59 Å². The highest BCUT2D eigenvalue weighted by atomic mass is 16.2. The van der Waals surface area contributed by atoms with E-state index in [0.717, 1.165) is 30.4 Å². The summed E-state index contributed by atoms with van der Waals surface area (Å²) in [5, 5.41) is 2.66. The lowest BCUT2D eigenvalue weighted by Gasteiger charge is -2.34. The van der Waals surface area contributed by atoms with Gasteiger partial charge in [0.1, 0.15) is 6.04 Å². The van der Waals surface area contributed by atoms with E-state index in [-0.39, 0.29) is 17.9 Å². The highest BCUT2D eigenvalue weighted by molar-refractivity contribution is 5.98. The molecule has 1 fully saturated rings. The minimum atomic E-state index is -0.332. The van der Waals surface area contributed by atoms with Crippen LogP contribution in [0, 0.1) is 13.8 Å². The molecule has 0 radical (unpaired) electrons. The van der Waals surface area contributed by atoms with E-state index in [1.165, 1.54) is 0 Å². The van der Waals surface area contributed by atoms with Gasteiger partial charge in [-0.1, -0.05) is 17.7 Å². The predicted molar refractivity (Wildman–Crippen MR) is 78.7 cm³/mol. The molecule has 4 heteroatoms. The van der Waals surface area contributed by atoms with Gasteiger partial charge in [-0.2, -0.15) is 0 Å². The Balaban J connectivity index is 2.27. The van der Waals surface area contributed by atoms with Crippen LogP contribution in [0.1, 0.15) is 40.7 Å². The topological polar surface area (TPSA) is 49.4 Å². The Bertz CT molecular complexity index is 525. The largest absolute Gasteiger partial charge is 0.357 e. The summed E-state index contributed by atoms with van der Waals surface area (Å²) in [6.45, 7) is 4.61. The molecule has 2 amide bonds. The Kier molecular flexibility index (Phi) is 4.42. The number of likely N-dealkylation sites (N-methyl/N-ethyl adjacent to an activating group) is 1. The van der Waals surface area contributed by atoms with Crippen LogP contribution in [0.5, 0.6) is 0 Å². The first-order valence-electron chi connectivity index (χ1n) is 7.14. The number of hydrogen-bond acceptors (Lipinski definition) is 2. The van der Waals surface area contributed by atoms with Crippen LogP contribution in [-0.4, -0.2) is 36.3 Å². The maximum atomic E-state index is 12.7. The second kappa shape index (κ2) is 6.07. The fraction of sp³-hybridized carbons (Fsp3) is 0.500. The number of rotatable bonds is 2. The van der Waals surface area contributed by atoms with Crippen LogP contribution in [0.3, 0.4) is 0 Å². The molecule has 0 aromatic heterocycles. The van der Waals surface area contributed by atoms with E-state index < -0.39 is 0 Å². The molecule has 4 nitrogen and oxygen atoms in total. The Labute approximate surface area is 120 Å². The van der Waals surface area contributed by atoms with Gasteiger partial charge in [-0.05, 0) is 44.7 Å². The molecule has 20 heavy (non-hydrogen) atoms. The first kappa shape index (κ1) is 14.6. The van der Waals surface area contributed by atoms with Crippen LogP contribution in [0.15, 0.2) is 18.2 Å². The molecular formula is C16H22N2O2. The third-order valence-corrected chi connectivity index (χ3v) is 3.93. The number of aryl methyl sites for hydroxylation is 2. The van der Waals surface area contributed by atoms with Crippen LogP contribution in [0.2, 0.25) is 0 Å². The molecule has 0 saturated carbocycles. The van der Waals surface area contributed by atoms with Gasteiger partial charge < -0.3 is 10.2 Å². The lowest BCUT2D eigenvalue weighted by atomic mass is 9.98. The van der Waals surface area contributed by atoms with Gasteiger partial charge in [0.25, 0.3) is 5.91 Å². The molecule has 2 rings (SSSR count). The number of likely N-dealkylation sites (tertiary alicyclic amines) is 1. The Morgan fingerprint density at radius 1 is 1.25 bits per heavy atom. The van der Waals surface area contributed by atoms with E-state index in [1.807, 2.05) is 32.0 Å². The molecule has 1 atom stereocenters. The molecule has 1 aliphatic heterocycles. The number of piperidine rings is 1. The molecule has 1 heterocycles. The maximum Gasteiger partial charge on any atom is 0.254 e. The van der Waals surface area contributed by atoms with Gasteiger partial charge in [0.15, 0.2) is 0 Å². The summed E-state index contributed by atoms with van der Waals surface area (Å²) in [5.74, 6) is -0.0985. The van der Waals surface area contributed by atoms with E-state index in [2.05, 4.69) is 5.32 Å². The van der Waals surface area contributed by atoms with Gasteiger partial charge in [0.2, 0.25) is 5.91 Å². The minimum Gasteiger partial charge on any atom is -0.357 e. The number of nitrogens with zero attached hydrogens (tertiary/aromatic N) is 1. The molecule has 1 aromatic carbocycles. The molecule has 1 aliphatic rings. The summed E-state index contributed by atoms with van der Waals surface area (Å²) >= 11 is 0. The smallest absolute Gasteiger partial charge is 0.254 e. The number of nitrogens with one attached hydrogen (secondary N) is 1. The quantitative estimate of drug-likeness (QED) is 0.897. The van der Waals surface area contributed by atoms with Crippen LogP contribution in [0.25, 0.3) is 0 Å². The Morgan fingerprint density at radius 2 is 2.00 bits per heavy atom. The molecule has 1 saturated heterocycles. The van der Waals surface area contributed by atoms with E-state index >= 15 is 0 Å². The van der Waals surface area contributed by atoms with Gasteiger partial charge >= 0.3 is 0 Å². The van der Waals surface area contributed by atoms with Crippen molar-refractivity contribution < 1.29 is 9.59 Å². The normalized spacial score (nSPS) is 18.8. The number of hydrogen-bond donors (Lipinski definition) is 1. The Morgan fingerprint density at radius 3 is 2.65 bits per heavy atom. The van der Waals surface area contributed by atoms with E-state index in [0.29, 0.717) is 12.1 Å². The van der Waals surface area contributed by atoms with Crippen molar-refractivity contribution in [1.29, 1.82) is 0 Å². The summed E-state index contributed by atoms with van der Waals surface area (Å²) < 4.78 is 0. The molecule has 108 valence electrons.